The number of amides is 2. The summed E-state index contributed by atoms with van der Waals surface area (Å²) >= 11 is 6.05. The van der Waals surface area contributed by atoms with E-state index in [0.29, 0.717) is 29.8 Å². The second-order valence-corrected chi connectivity index (χ2v) is 12.9. The lowest BCUT2D eigenvalue weighted by atomic mass is 9.63. The Bertz CT molecular complexity index is 1330. The maximum atomic E-state index is 13.8. The Morgan fingerprint density at radius 2 is 1.87 bits per heavy atom. The Labute approximate surface area is 235 Å². The topological polar surface area (TPSA) is 113 Å². The monoisotopic (exact) mass is 549 g/mol. The molecule has 0 bridgehead atoms. The van der Waals surface area contributed by atoms with Crippen molar-refractivity contribution in [3.63, 3.8) is 0 Å². The number of hydrogen-bond acceptors (Lipinski definition) is 4. The third-order valence-electron chi connectivity index (χ3n) is 8.83. The highest BCUT2D eigenvalue weighted by Gasteiger charge is 2.51. The number of nitrogens with zero attached hydrogens (tertiary/aromatic N) is 1. The average molecular weight is 550 g/mol. The van der Waals surface area contributed by atoms with Crippen LogP contribution in [0.25, 0.3) is 11.0 Å². The number of pyridine rings is 1. The molecule has 39 heavy (non-hydrogen) atoms. The molecule has 2 aliphatic rings. The molecule has 5 rings (SSSR count). The van der Waals surface area contributed by atoms with E-state index in [1.54, 1.807) is 6.20 Å². The SMILES string of the molecule is CC(C)CC1CC(C(N)CNC(=O)C2(c3ccc(Cl)cc3)CC2)CC(C)(C(=O)Nc2ccnc3[nH]ccc23)C1. The third kappa shape index (κ3) is 5.85. The van der Waals surface area contributed by atoms with Crippen LogP contribution < -0.4 is 16.4 Å². The number of fused-ring (bicyclic) bond motifs is 1. The lowest BCUT2D eigenvalue weighted by molar-refractivity contribution is -0.129. The molecule has 5 N–H and O–H groups in total. The molecule has 0 aliphatic heterocycles. The van der Waals surface area contributed by atoms with Gasteiger partial charge in [-0.15, -0.1) is 0 Å². The third-order valence-corrected chi connectivity index (χ3v) is 9.09. The normalized spacial score (nSPS) is 24.9. The molecule has 208 valence electrons. The van der Waals surface area contributed by atoms with Crippen molar-refractivity contribution in [2.75, 3.05) is 11.9 Å². The van der Waals surface area contributed by atoms with Gasteiger partial charge >= 0.3 is 0 Å². The van der Waals surface area contributed by atoms with E-state index in [1.165, 1.54) is 0 Å². The summed E-state index contributed by atoms with van der Waals surface area (Å²) in [7, 11) is 0. The van der Waals surface area contributed by atoms with Crippen LogP contribution in [0.15, 0.2) is 48.8 Å². The Morgan fingerprint density at radius 3 is 2.56 bits per heavy atom. The van der Waals surface area contributed by atoms with Crippen molar-refractivity contribution in [1.82, 2.24) is 15.3 Å². The van der Waals surface area contributed by atoms with Crippen LogP contribution in [-0.4, -0.2) is 34.4 Å². The lowest BCUT2D eigenvalue weighted by Crippen LogP contribution is -2.50. The summed E-state index contributed by atoms with van der Waals surface area (Å²) in [5.74, 6) is 1.11. The number of hydrogen-bond donors (Lipinski definition) is 4. The number of H-pyrrole nitrogens is 1. The summed E-state index contributed by atoms with van der Waals surface area (Å²) in [6.45, 7) is 6.93. The highest BCUT2D eigenvalue weighted by atomic mass is 35.5. The number of nitrogens with one attached hydrogen (secondary N) is 3. The predicted molar refractivity (Wildman–Crippen MR) is 156 cm³/mol. The van der Waals surface area contributed by atoms with E-state index in [0.717, 1.165) is 54.4 Å². The largest absolute Gasteiger partial charge is 0.354 e. The molecule has 2 aromatic heterocycles. The molecule has 4 unspecified atom stereocenters. The highest BCUT2D eigenvalue weighted by Crippen LogP contribution is 2.49. The number of rotatable bonds is 9. The van der Waals surface area contributed by atoms with Crippen molar-refractivity contribution in [2.45, 2.75) is 70.8 Å². The Balaban J connectivity index is 1.27. The van der Waals surface area contributed by atoms with Crippen LogP contribution in [0.2, 0.25) is 5.02 Å². The van der Waals surface area contributed by atoms with Crippen LogP contribution in [0.4, 0.5) is 5.69 Å². The Morgan fingerprint density at radius 1 is 1.13 bits per heavy atom. The molecule has 0 saturated heterocycles. The zero-order valence-electron chi connectivity index (χ0n) is 23.1. The minimum Gasteiger partial charge on any atom is -0.354 e. The molecule has 1 aromatic carbocycles. The fourth-order valence-corrected chi connectivity index (χ4v) is 6.81. The van der Waals surface area contributed by atoms with Crippen molar-refractivity contribution >= 4 is 40.1 Å². The Hall–Kier alpha value is -2.90. The molecular formula is C31H40ClN5O2. The molecule has 4 atom stereocenters. The minimum atomic E-state index is -0.559. The highest BCUT2D eigenvalue weighted by molar-refractivity contribution is 6.30. The van der Waals surface area contributed by atoms with Gasteiger partial charge in [0.15, 0.2) is 0 Å². The molecular weight excluding hydrogens is 510 g/mol. The first kappa shape index (κ1) is 27.7. The van der Waals surface area contributed by atoms with E-state index in [-0.39, 0.29) is 23.8 Å². The molecule has 2 amide bonds. The van der Waals surface area contributed by atoms with Gasteiger partial charge in [-0.2, -0.15) is 0 Å². The standard InChI is InChI=1S/C31H40ClN5O2/c1-19(2)14-20-15-21(25(33)18-36-29(39)31(10-11-31)22-4-6-23(32)7-5-22)17-30(3,16-20)28(38)37-26-9-13-35-27-24(26)8-12-34-27/h4-9,12-13,19-21,25H,10-11,14-18,33H2,1-3H3,(H,36,39)(H2,34,35,37,38). The first-order valence-electron chi connectivity index (χ1n) is 14.1. The van der Waals surface area contributed by atoms with E-state index in [1.807, 2.05) is 42.6 Å². The number of anilines is 1. The molecule has 0 radical (unpaired) electrons. The molecule has 2 fully saturated rings. The van der Waals surface area contributed by atoms with Crippen molar-refractivity contribution in [3.8, 4) is 0 Å². The van der Waals surface area contributed by atoms with E-state index in [2.05, 4.69) is 41.4 Å². The summed E-state index contributed by atoms with van der Waals surface area (Å²) in [6.07, 6.45) is 8.73. The number of aromatic nitrogens is 2. The predicted octanol–water partition coefficient (Wildman–Crippen LogP) is 5.80. The van der Waals surface area contributed by atoms with Crippen LogP contribution in [0, 0.1) is 23.2 Å². The van der Waals surface area contributed by atoms with Crippen LogP contribution >= 0.6 is 11.6 Å². The van der Waals surface area contributed by atoms with Crippen molar-refractivity contribution in [1.29, 1.82) is 0 Å². The second-order valence-electron chi connectivity index (χ2n) is 12.5. The van der Waals surface area contributed by atoms with E-state index in [9.17, 15) is 9.59 Å². The number of carbonyl (C=O) groups excluding carboxylic acids is 2. The van der Waals surface area contributed by atoms with E-state index in [4.69, 9.17) is 17.3 Å². The lowest BCUT2D eigenvalue weighted by Gasteiger charge is -2.44. The van der Waals surface area contributed by atoms with Crippen LogP contribution in [-0.2, 0) is 15.0 Å². The van der Waals surface area contributed by atoms with Gasteiger partial charge in [0.25, 0.3) is 0 Å². The molecule has 8 heteroatoms. The maximum Gasteiger partial charge on any atom is 0.230 e. The number of nitrogens with two attached hydrogens (primary N) is 1. The van der Waals surface area contributed by atoms with Gasteiger partial charge < -0.3 is 21.4 Å². The average Bonchev–Trinajstić information content (AvgIpc) is 3.56. The first-order chi connectivity index (χ1) is 18.6. The zero-order chi connectivity index (χ0) is 27.8. The van der Waals surface area contributed by atoms with Crippen molar-refractivity contribution in [2.24, 2.45) is 28.9 Å². The minimum absolute atomic E-state index is 0.0190. The van der Waals surface area contributed by atoms with Gasteiger partial charge in [0.05, 0.1) is 11.1 Å². The molecule has 2 saturated carbocycles. The van der Waals surface area contributed by atoms with Crippen molar-refractivity contribution in [3.05, 3.63) is 59.4 Å². The first-order valence-corrected chi connectivity index (χ1v) is 14.5. The summed E-state index contributed by atoms with van der Waals surface area (Å²) in [4.78, 5) is 34.5. The second kappa shape index (κ2) is 10.9. The smallest absolute Gasteiger partial charge is 0.230 e. The number of halogens is 1. The van der Waals surface area contributed by atoms with Gasteiger partial charge in [-0.25, -0.2) is 4.98 Å². The number of carbonyl (C=O) groups is 2. The van der Waals surface area contributed by atoms with Gasteiger partial charge in [-0.3, -0.25) is 9.59 Å². The fraction of sp³-hybridized carbons (Fsp3) is 0.516. The Kier molecular flexibility index (Phi) is 7.75. The molecule has 7 nitrogen and oxygen atoms in total. The summed E-state index contributed by atoms with van der Waals surface area (Å²) in [6, 6.07) is 11.1. The molecule has 2 aliphatic carbocycles. The molecule has 0 spiro atoms. The van der Waals surface area contributed by atoms with Crippen LogP contribution in [0.3, 0.4) is 0 Å². The maximum absolute atomic E-state index is 13.8. The molecule has 2 heterocycles. The molecule has 3 aromatic rings. The fourth-order valence-electron chi connectivity index (χ4n) is 6.68. The zero-order valence-corrected chi connectivity index (χ0v) is 23.9. The van der Waals surface area contributed by atoms with Gasteiger partial charge in [0.1, 0.15) is 5.65 Å². The summed E-state index contributed by atoms with van der Waals surface area (Å²) < 4.78 is 0. The van der Waals surface area contributed by atoms with E-state index >= 15 is 0 Å². The summed E-state index contributed by atoms with van der Waals surface area (Å²) in [5.41, 5.74) is 8.26. The van der Waals surface area contributed by atoms with Crippen LogP contribution in [0.1, 0.15) is 64.9 Å². The van der Waals surface area contributed by atoms with E-state index < -0.39 is 10.8 Å². The number of aromatic amines is 1. The van der Waals surface area contributed by atoms with Gasteiger partial charge in [-0.1, -0.05) is 44.5 Å². The summed E-state index contributed by atoms with van der Waals surface area (Å²) in [5, 5.41) is 7.92. The van der Waals surface area contributed by atoms with Gasteiger partial charge in [0, 0.05) is 40.8 Å². The van der Waals surface area contributed by atoms with Gasteiger partial charge in [0.2, 0.25) is 11.8 Å². The van der Waals surface area contributed by atoms with Crippen molar-refractivity contribution < 1.29 is 9.59 Å². The quantitative estimate of drug-likeness (QED) is 0.270. The number of benzene rings is 1. The van der Waals surface area contributed by atoms with Gasteiger partial charge in [-0.05, 0) is 86.1 Å². The van der Waals surface area contributed by atoms with Crippen LogP contribution in [0.5, 0.6) is 0 Å².